The molecule has 3 N–H and O–H groups in total. The van der Waals surface area contributed by atoms with Gasteiger partial charge in [-0.2, -0.15) is 0 Å². The number of aromatic nitrogens is 1. The Hall–Kier alpha value is -3.82. The van der Waals surface area contributed by atoms with Crippen LogP contribution in [0.1, 0.15) is 60.2 Å². The van der Waals surface area contributed by atoms with E-state index in [1.807, 2.05) is 13.8 Å². The fourth-order valence-corrected chi connectivity index (χ4v) is 7.08. The molecule has 2 saturated heterocycles. The third-order valence-corrected chi connectivity index (χ3v) is 9.23. The summed E-state index contributed by atoms with van der Waals surface area (Å²) in [7, 11) is 3.37. The van der Waals surface area contributed by atoms with Crippen LogP contribution in [0.25, 0.3) is 0 Å². The summed E-state index contributed by atoms with van der Waals surface area (Å²) >= 11 is 3.34. The lowest BCUT2D eigenvalue weighted by Crippen LogP contribution is -2.48. The minimum absolute atomic E-state index is 0.0426. The molecule has 3 aliphatic rings. The van der Waals surface area contributed by atoms with Crippen LogP contribution in [0.15, 0.2) is 35.1 Å². The zero-order valence-electron chi connectivity index (χ0n) is 26.3. The lowest BCUT2D eigenvalue weighted by molar-refractivity contribution is -0.384. The van der Waals surface area contributed by atoms with Gasteiger partial charge in [-0.3, -0.25) is 29.5 Å². The van der Waals surface area contributed by atoms with Gasteiger partial charge in [-0.1, -0.05) is 15.9 Å². The highest BCUT2D eigenvalue weighted by Crippen LogP contribution is 2.36. The third-order valence-electron chi connectivity index (χ3n) is 8.77. The second-order valence-corrected chi connectivity index (χ2v) is 13.1. The second-order valence-electron chi connectivity index (χ2n) is 12.2. The number of halogens is 1. The van der Waals surface area contributed by atoms with Crippen molar-refractivity contribution in [1.82, 2.24) is 20.1 Å². The van der Waals surface area contributed by atoms with Crippen molar-refractivity contribution < 1.29 is 28.8 Å². The lowest BCUT2D eigenvalue weighted by Gasteiger charge is -2.35. The van der Waals surface area contributed by atoms with Crippen molar-refractivity contribution in [3.8, 4) is 0 Å². The van der Waals surface area contributed by atoms with E-state index in [9.17, 15) is 24.5 Å². The van der Waals surface area contributed by atoms with E-state index in [4.69, 9.17) is 9.47 Å². The minimum atomic E-state index is -0.862. The molecule has 1 aromatic carbocycles. The zero-order valence-corrected chi connectivity index (χ0v) is 27.9. The molecule has 3 fully saturated rings. The molecule has 6 atom stereocenters. The number of anilines is 2. The number of methoxy groups -OCH3 is 1. The first kappa shape index (κ1) is 33.5. The van der Waals surface area contributed by atoms with Crippen LogP contribution in [0.5, 0.6) is 0 Å². The average molecular weight is 703 g/mol. The van der Waals surface area contributed by atoms with Gasteiger partial charge < -0.3 is 35.2 Å². The number of hydrogen-bond acceptors (Lipinski definition) is 10. The standard InChI is InChI=1S/C31H40BrN7O7/c1-17-14-37(15-18(2)46-17)31(42)25-8-20(32)9-26(39(43)44)28(25)35-23-11-27(29(40)36-21-5-6-24(10-21)45-4)38(16-23)30(41)19-7-22(33-3)13-34-12-19/h7-9,12-13,17-18,21,23-24,27,33,35H,5-6,10-11,14-16H2,1-4H3,(H,36,40)/t17-,18+,21-,23+,24+,27-/m0/s1. The molecule has 1 aliphatic carbocycles. The maximum atomic E-state index is 13.9. The van der Waals surface area contributed by atoms with Crippen LogP contribution in [0.4, 0.5) is 17.1 Å². The van der Waals surface area contributed by atoms with E-state index in [0.29, 0.717) is 35.2 Å². The number of nitrogens with zero attached hydrogens (tertiary/aromatic N) is 4. The Morgan fingerprint density at radius 1 is 1.04 bits per heavy atom. The summed E-state index contributed by atoms with van der Waals surface area (Å²) in [6, 6.07) is 3.03. The number of benzene rings is 1. The van der Waals surface area contributed by atoms with Gasteiger partial charge in [-0.25, -0.2) is 0 Å². The highest BCUT2D eigenvalue weighted by Gasteiger charge is 2.42. The Morgan fingerprint density at radius 3 is 2.43 bits per heavy atom. The number of carbonyl (C=O) groups is 3. The Labute approximate surface area is 275 Å². The first-order chi connectivity index (χ1) is 22.0. The number of morpholine rings is 1. The molecular weight excluding hydrogens is 662 g/mol. The van der Waals surface area contributed by atoms with Crippen molar-refractivity contribution >= 4 is 50.7 Å². The van der Waals surface area contributed by atoms with Gasteiger partial charge in [0.25, 0.3) is 17.5 Å². The first-order valence-corrected chi connectivity index (χ1v) is 16.2. The third kappa shape index (κ3) is 7.42. The number of ether oxygens (including phenoxy) is 2. The topological polar surface area (TPSA) is 168 Å². The molecular formula is C31H40BrN7O7. The van der Waals surface area contributed by atoms with Crippen LogP contribution in [0.2, 0.25) is 0 Å². The van der Waals surface area contributed by atoms with Gasteiger partial charge >= 0.3 is 0 Å². The van der Waals surface area contributed by atoms with Crippen molar-refractivity contribution in [2.24, 2.45) is 0 Å². The van der Waals surface area contributed by atoms with Crippen LogP contribution >= 0.6 is 15.9 Å². The molecule has 46 heavy (non-hydrogen) atoms. The van der Waals surface area contributed by atoms with Crippen LogP contribution in [-0.4, -0.2) is 108 Å². The van der Waals surface area contributed by atoms with Crippen molar-refractivity contribution in [2.75, 3.05) is 44.4 Å². The fraction of sp³-hybridized carbons (Fsp3) is 0.548. The van der Waals surface area contributed by atoms with Gasteiger partial charge in [-0.05, 0) is 51.7 Å². The van der Waals surface area contributed by atoms with Crippen molar-refractivity contribution in [3.05, 3.63) is 56.3 Å². The Kier molecular flexibility index (Phi) is 10.4. The molecule has 1 aromatic heterocycles. The quantitative estimate of drug-likeness (QED) is 0.260. The van der Waals surface area contributed by atoms with Crippen LogP contribution < -0.4 is 16.0 Å². The molecule has 248 valence electrons. The monoisotopic (exact) mass is 701 g/mol. The number of likely N-dealkylation sites (tertiary alicyclic amines) is 1. The molecule has 3 heterocycles. The van der Waals surface area contributed by atoms with Gasteiger partial charge in [0.2, 0.25) is 5.91 Å². The number of pyridine rings is 1. The summed E-state index contributed by atoms with van der Waals surface area (Å²) in [5.41, 5.74) is 0.807. The molecule has 0 radical (unpaired) electrons. The van der Waals surface area contributed by atoms with Gasteiger partial charge in [0.15, 0.2) is 0 Å². The molecule has 2 aliphatic heterocycles. The molecule has 0 spiro atoms. The average Bonchev–Trinajstić information content (AvgIpc) is 3.67. The molecule has 1 saturated carbocycles. The summed E-state index contributed by atoms with van der Waals surface area (Å²) in [4.78, 5) is 60.5. The zero-order chi connectivity index (χ0) is 33.1. The summed E-state index contributed by atoms with van der Waals surface area (Å²) < 4.78 is 11.6. The van der Waals surface area contributed by atoms with E-state index < -0.39 is 22.9 Å². The molecule has 2 aromatic rings. The summed E-state index contributed by atoms with van der Waals surface area (Å²) in [6.45, 7) is 4.48. The minimum Gasteiger partial charge on any atom is -0.387 e. The summed E-state index contributed by atoms with van der Waals surface area (Å²) in [5, 5.41) is 21.6. The van der Waals surface area contributed by atoms with E-state index in [1.165, 1.54) is 17.2 Å². The van der Waals surface area contributed by atoms with Crippen LogP contribution in [0.3, 0.4) is 0 Å². The van der Waals surface area contributed by atoms with Crippen LogP contribution in [-0.2, 0) is 14.3 Å². The molecule has 15 heteroatoms. The number of nitro groups is 1. The van der Waals surface area contributed by atoms with Gasteiger partial charge in [0.1, 0.15) is 11.7 Å². The van der Waals surface area contributed by atoms with Gasteiger partial charge in [-0.15, -0.1) is 0 Å². The number of hydrogen-bond donors (Lipinski definition) is 3. The molecule has 0 unspecified atom stereocenters. The largest absolute Gasteiger partial charge is 0.387 e. The number of carbonyl (C=O) groups excluding carboxylic acids is 3. The highest BCUT2D eigenvalue weighted by molar-refractivity contribution is 9.10. The van der Waals surface area contributed by atoms with E-state index in [-0.39, 0.29) is 66.1 Å². The maximum Gasteiger partial charge on any atom is 0.294 e. The molecule has 5 rings (SSSR count). The molecule has 0 bridgehead atoms. The molecule has 14 nitrogen and oxygen atoms in total. The number of nitro benzene ring substituents is 1. The van der Waals surface area contributed by atoms with E-state index >= 15 is 0 Å². The Balaban J connectivity index is 1.45. The van der Waals surface area contributed by atoms with Crippen molar-refractivity contribution in [3.63, 3.8) is 0 Å². The Morgan fingerprint density at radius 2 is 1.78 bits per heavy atom. The normalized spacial score (nSPS) is 26.1. The predicted molar refractivity (Wildman–Crippen MR) is 174 cm³/mol. The Bertz CT molecular complexity index is 1480. The number of nitrogens with one attached hydrogen (secondary N) is 3. The summed E-state index contributed by atoms with van der Waals surface area (Å²) in [5.74, 6) is -1.08. The smallest absolute Gasteiger partial charge is 0.294 e. The molecule has 3 amide bonds. The number of rotatable bonds is 9. The SMILES string of the molecule is CNc1cncc(C(=O)N2C[C@H](Nc3c(C(=O)N4C[C@@H](C)O[C@@H](C)C4)cc(Br)cc3[N+](=O)[O-])C[C@H]2C(=O)N[C@H]2CC[C@@H](OC)C2)c1. The van der Waals surface area contributed by atoms with E-state index in [0.717, 1.165) is 12.8 Å². The lowest BCUT2D eigenvalue weighted by atomic mass is 10.1. The maximum absolute atomic E-state index is 13.9. The first-order valence-electron chi connectivity index (χ1n) is 15.4. The predicted octanol–water partition coefficient (Wildman–Crippen LogP) is 3.42. The second kappa shape index (κ2) is 14.3. The number of amides is 3. The van der Waals surface area contributed by atoms with Gasteiger partial charge in [0.05, 0.1) is 40.0 Å². The van der Waals surface area contributed by atoms with E-state index in [1.54, 1.807) is 37.4 Å². The van der Waals surface area contributed by atoms with Crippen molar-refractivity contribution in [2.45, 2.75) is 76.0 Å². The van der Waals surface area contributed by atoms with E-state index in [2.05, 4.69) is 36.9 Å². The fourth-order valence-electron chi connectivity index (χ4n) is 6.63. The van der Waals surface area contributed by atoms with Crippen molar-refractivity contribution in [1.29, 1.82) is 0 Å². The van der Waals surface area contributed by atoms with Crippen LogP contribution in [0, 0.1) is 10.1 Å². The van der Waals surface area contributed by atoms with Gasteiger partial charge in [0, 0.05) is 68.8 Å². The highest BCUT2D eigenvalue weighted by atomic mass is 79.9. The summed E-state index contributed by atoms with van der Waals surface area (Å²) in [6.07, 6.45) is 5.12.